The lowest BCUT2D eigenvalue weighted by Crippen LogP contribution is -2.39. The van der Waals surface area contributed by atoms with Gasteiger partial charge in [0, 0.05) is 13.0 Å². The molecule has 1 aromatic carbocycles. The molecule has 1 aliphatic heterocycles. The zero-order valence-corrected chi connectivity index (χ0v) is 13.8. The molecular formula is C17H19FN4O2. The van der Waals surface area contributed by atoms with Gasteiger partial charge in [-0.25, -0.2) is 4.39 Å². The second-order valence-corrected chi connectivity index (χ2v) is 5.99. The molecule has 24 heavy (non-hydrogen) atoms. The zero-order chi connectivity index (χ0) is 17.4. The standard InChI is InChI=1S/C17H19FN4O2/c1-9(2)10-4-5-13(11(18)8-10)22-7-6-12-14(16(22)23)15(19)21-17(20-12)24-3/h4-5,8-9H,6-7H2,1-3H3,(H2,19,20,21). The molecule has 0 bridgehead atoms. The number of methoxy groups -OCH3 is 1. The number of nitrogens with zero attached hydrogens (tertiary/aromatic N) is 3. The van der Waals surface area contributed by atoms with Gasteiger partial charge >= 0.3 is 6.01 Å². The third kappa shape index (κ3) is 2.66. The first kappa shape index (κ1) is 16.2. The molecule has 0 aliphatic carbocycles. The number of halogens is 1. The van der Waals surface area contributed by atoms with Crippen molar-refractivity contribution in [2.75, 3.05) is 24.3 Å². The summed E-state index contributed by atoms with van der Waals surface area (Å²) in [4.78, 5) is 22.3. The SMILES string of the molecule is COc1nc(N)c2c(n1)CCN(c1ccc(C(C)C)cc1F)C2=O. The Morgan fingerprint density at radius 1 is 1.33 bits per heavy atom. The number of benzene rings is 1. The third-order valence-corrected chi connectivity index (χ3v) is 4.13. The molecule has 0 fully saturated rings. The second-order valence-electron chi connectivity index (χ2n) is 5.99. The molecule has 0 spiro atoms. The molecule has 126 valence electrons. The first-order valence-corrected chi connectivity index (χ1v) is 7.74. The summed E-state index contributed by atoms with van der Waals surface area (Å²) >= 11 is 0. The average molecular weight is 330 g/mol. The van der Waals surface area contributed by atoms with Gasteiger partial charge in [-0.15, -0.1) is 0 Å². The second kappa shape index (κ2) is 6.07. The van der Waals surface area contributed by atoms with Gasteiger partial charge in [-0.2, -0.15) is 9.97 Å². The Morgan fingerprint density at radius 2 is 2.08 bits per heavy atom. The summed E-state index contributed by atoms with van der Waals surface area (Å²) in [5.74, 6) is -0.563. The topological polar surface area (TPSA) is 81.3 Å². The monoisotopic (exact) mass is 330 g/mol. The average Bonchev–Trinajstić information content (AvgIpc) is 2.55. The number of hydrogen-bond donors (Lipinski definition) is 1. The minimum absolute atomic E-state index is 0.0470. The minimum atomic E-state index is -0.425. The summed E-state index contributed by atoms with van der Waals surface area (Å²) in [5, 5.41) is 0. The van der Waals surface area contributed by atoms with Crippen LogP contribution in [0.2, 0.25) is 0 Å². The maximum atomic E-state index is 14.5. The number of rotatable bonds is 3. The van der Waals surface area contributed by atoms with E-state index in [0.29, 0.717) is 18.7 Å². The molecule has 1 aliphatic rings. The molecule has 0 atom stereocenters. The van der Waals surface area contributed by atoms with Gasteiger partial charge in [0.1, 0.15) is 17.2 Å². The summed E-state index contributed by atoms with van der Waals surface area (Å²) < 4.78 is 19.5. The first-order chi connectivity index (χ1) is 11.4. The van der Waals surface area contributed by atoms with E-state index in [4.69, 9.17) is 10.5 Å². The number of fused-ring (bicyclic) bond motifs is 1. The molecule has 3 rings (SSSR count). The van der Waals surface area contributed by atoms with Gasteiger partial charge < -0.3 is 15.4 Å². The molecule has 6 nitrogen and oxygen atoms in total. The molecule has 0 radical (unpaired) electrons. The summed E-state index contributed by atoms with van der Waals surface area (Å²) in [6.45, 7) is 4.30. The van der Waals surface area contributed by atoms with Crippen molar-refractivity contribution in [2.45, 2.75) is 26.2 Å². The Bertz CT molecular complexity index is 807. The number of aromatic nitrogens is 2. The van der Waals surface area contributed by atoms with Gasteiger partial charge in [0.05, 0.1) is 18.5 Å². The van der Waals surface area contributed by atoms with E-state index < -0.39 is 11.7 Å². The van der Waals surface area contributed by atoms with Gasteiger partial charge in [0.2, 0.25) is 0 Å². The van der Waals surface area contributed by atoms with Gasteiger partial charge in [-0.05, 0) is 23.6 Å². The molecular weight excluding hydrogens is 311 g/mol. The largest absolute Gasteiger partial charge is 0.467 e. The third-order valence-electron chi connectivity index (χ3n) is 4.13. The Hall–Kier alpha value is -2.70. The van der Waals surface area contributed by atoms with Crippen LogP contribution in [0, 0.1) is 5.82 Å². The summed E-state index contributed by atoms with van der Waals surface area (Å²) in [6.07, 6.45) is 0.454. The fourth-order valence-electron chi connectivity index (χ4n) is 2.79. The fraction of sp³-hybridized carbons (Fsp3) is 0.353. The van der Waals surface area contributed by atoms with E-state index in [1.165, 1.54) is 18.1 Å². The highest BCUT2D eigenvalue weighted by Crippen LogP contribution is 2.30. The molecule has 0 unspecified atom stereocenters. The van der Waals surface area contributed by atoms with E-state index in [1.54, 1.807) is 6.07 Å². The molecule has 2 heterocycles. The van der Waals surface area contributed by atoms with E-state index in [2.05, 4.69) is 9.97 Å². The zero-order valence-electron chi connectivity index (χ0n) is 13.8. The fourth-order valence-corrected chi connectivity index (χ4v) is 2.79. The summed E-state index contributed by atoms with van der Waals surface area (Å²) in [7, 11) is 1.43. The number of carbonyl (C=O) groups excluding carboxylic acids is 1. The van der Waals surface area contributed by atoms with Crippen molar-refractivity contribution < 1.29 is 13.9 Å². The molecule has 1 amide bonds. The van der Waals surface area contributed by atoms with Crippen LogP contribution in [-0.4, -0.2) is 29.5 Å². The van der Waals surface area contributed by atoms with Crippen LogP contribution in [0.5, 0.6) is 6.01 Å². The predicted molar refractivity (Wildman–Crippen MR) is 88.9 cm³/mol. The van der Waals surface area contributed by atoms with E-state index in [9.17, 15) is 9.18 Å². The van der Waals surface area contributed by atoms with Crippen LogP contribution in [0.3, 0.4) is 0 Å². The van der Waals surface area contributed by atoms with Crippen LogP contribution in [-0.2, 0) is 6.42 Å². The highest BCUT2D eigenvalue weighted by atomic mass is 19.1. The number of nitrogen functional groups attached to an aromatic ring is 1. The van der Waals surface area contributed by atoms with Crippen molar-refractivity contribution in [2.24, 2.45) is 0 Å². The van der Waals surface area contributed by atoms with E-state index >= 15 is 0 Å². The van der Waals surface area contributed by atoms with Crippen LogP contribution in [0.4, 0.5) is 15.9 Å². The van der Waals surface area contributed by atoms with Crippen LogP contribution in [0.15, 0.2) is 18.2 Å². The molecule has 7 heteroatoms. The minimum Gasteiger partial charge on any atom is -0.467 e. The Balaban J connectivity index is 2.00. The van der Waals surface area contributed by atoms with Crippen LogP contribution < -0.4 is 15.4 Å². The first-order valence-electron chi connectivity index (χ1n) is 7.74. The Morgan fingerprint density at radius 3 is 2.71 bits per heavy atom. The van der Waals surface area contributed by atoms with Crippen molar-refractivity contribution in [3.8, 4) is 6.01 Å². The maximum Gasteiger partial charge on any atom is 0.318 e. The number of anilines is 2. The lowest BCUT2D eigenvalue weighted by atomic mass is 10.0. The van der Waals surface area contributed by atoms with E-state index in [1.807, 2.05) is 19.9 Å². The van der Waals surface area contributed by atoms with Gasteiger partial charge in [-0.3, -0.25) is 4.79 Å². The van der Waals surface area contributed by atoms with Gasteiger partial charge in [0.25, 0.3) is 5.91 Å². The van der Waals surface area contributed by atoms with E-state index in [0.717, 1.165) is 5.56 Å². The van der Waals surface area contributed by atoms with Crippen molar-refractivity contribution in [1.82, 2.24) is 9.97 Å². The Labute approximate surface area is 139 Å². The highest BCUT2D eigenvalue weighted by molar-refractivity contribution is 6.10. The van der Waals surface area contributed by atoms with Crippen LogP contribution in [0.25, 0.3) is 0 Å². The molecule has 2 N–H and O–H groups in total. The maximum absolute atomic E-state index is 14.5. The number of hydrogen-bond acceptors (Lipinski definition) is 5. The van der Waals surface area contributed by atoms with Crippen LogP contribution >= 0.6 is 0 Å². The van der Waals surface area contributed by atoms with Crippen molar-refractivity contribution in [3.05, 3.63) is 40.8 Å². The normalized spacial score (nSPS) is 14.0. The summed E-state index contributed by atoms with van der Waals surface area (Å²) in [6, 6.07) is 5.06. The molecule has 1 aromatic heterocycles. The van der Waals surface area contributed by atoms with E-state index in [-0.39, 0.29) is 29.0 Å². The smallest absolute Gasteiger partial charge is 0.318 e. The van der Waals surface area contributed by atoms with Crippen molar-refractivity contribution in [3.63, 3.8) is 0 Å². The van der Waals surface area contributed by atoms with Crippen LogP contribution in [0.1, 0.15) is 41.4 Å². The number of carbonyl (C=O) groups is 1. The summed E-state index contributed by atoms with van der Waals surface area (Å²) in [5.41, 5.74) is 7.75. The quantitative estimate of drug-likeness (QED) is 0.935. The number of amides is 1. The van der Waals surface area contributed by atoms with Crippen molar-refractivity contribution in [1.29, 1.82) is 0 Å². The van der Waals surface area contributed by atoms with Crippen molar-refractivity contribution >= 4 is 17.4 Å². The van der Waals surface area contributed by atoms with Gasteiger partial charge in [-0.1, -0.05) is 19.9 Å². The molecule has 0 saturated carbocycles. The van der Waals surface area contributed by atoms with Gasteiger partial charge in [0.15, 0.2) is 0 Å². The molecule has 0 saturated heterocycles. The molecule has 2 aromatic rings. The number of ether oxygens (including phenoxy) is 1. The Kier molecular flexibility index (Phi) is 4.09. The highest BCUT2D eigenvalue weighted by Gasteiger charge is 2.31. The lowest BCUT2D eigenvalue weighted by molar-refractivity contribution is 0.0979. The number of nitrogens with two attached hydrogens (primary N) is 1. The predicted octanol–water partition coefficient (Wildman–Crippen LogP) is 2.53. The lowest BCUT2D eigenvalue weighted by Gasteiger charge is -2.29.